The summed E-state index contributed by atoms with van der Waals surface area (Å²) in [6, 6.07) is 10.5. The Bertz CT molecular complexity index is 1600. The van der Waals surface area contributed by atoms with Crippen LogP contribution in [-0.4, -0.2) is 70.1 Å². The molecule has 1 aromatic carbocycles. The second-order valence-electron chi connectivity index (χ2n) is 11.7. The third-order valence-electron chi connectivity index (χ3n) is 7.23. The van der Waals surface area contributed by atoms with E-state index in [2.05, 4.69) is 15.2 Å². The zero-order valence-electron chi connectivity index (χ0n) is 26.7. The first kappa shape index (κ1) is 34.8. The molecule has 250 valence electrons. The summed E-state index contributed by atoms with van der Waals surface area (Å²) in [6.07, 6.45) is -2.26. The maximum Gasteiger partial charge on any atom is 0.459 e. The first-order valence-corrected chi connectivity index (χ1v) is 16.2. The molecule has 1 saturated heterocycles. The maximum atomic E-state index is 14.2. The van der Waals surface area contributed by atoms with Crippen molar-refractivity contribution < 1.29 is 46.9 Å². The highest BCUT2D eigenvalue weighted by Gasteiger charge is 2.59. The van der Waals surface area contributed by atoms with Crippen LogP contribution in [-0.2, 0) is 42.4 Å². The minimum Gasteiger partial charge on any atom is -0.468 e. The van der Waals surface area contributed by atoms with E-state index in [1.165, 1.54) is 24.9 Å². The Morgan fingerprint density at radius 2 is 1.67 bits per heavy atom. The Hall–Kier alpha value is -4.04. The van der Waals surface area contributed by atoms with Gasteiger partial charge in [-0.3, -0.25) is 18.9 Å². The molecule has 1 aliphatic rings. The van der Waals surface area contributed by atoms with Gasteiger partial charge in [-0.15, -0.1) is 0 Å². The molecule has 6 atom stereocenters. The van der Waals surface area contributed by atoms with Crippen LogP contribution in [0.15, 0.2) is 48.8 Å². The summed E-state index contributed by atoms with van der Waals surface area (Å²) in [4.78, 5) is 42.3. The predicted molar refractivity (Wildman–Crippen MR) is 164 cm³/mol. The van der Waals surface area contributed by atoms with Gasteiger partial charge < -0.3 is 29.2 Å². The summed E-state index contributed by atoms with van der Waals surface area (Å²) < 4.78 is 50.6. The molecule has 4 rings (SSSR count). The molecule has 0 bridgehead atoms. The number of benzene rings is 1. The third kappa shape index (κ3) is 7.66. The highest BCUT2D eigenvalue weighted by molar-refractivity contribution is 7.52. The monoisotopic (exact) mass is 661 g/mol. The number of aromatic nitrogens is 3. The zero-order valence-corrected chi connectivity index (χ0v) is 27.6. The van der Waals surface area contributed by atoms with Gasteiger partial charge in [0.25, 0.3) is 0 Å². The zero-order chi connectivity index (χ0) is 33.8. The molecule has 16 heteroatoms. The second-order valence-corrected chi connectivity index (χ2v) is 13.4. The summed E-state index contributed by atoms with van der Waals surface area (Å²) in [7, 11) is -3.16. The SMILES string of the molecule is COC(=O)[C@H](C)N[P@@](=O)(OC[C@@]1(C)O[C@@H](c2ccc3c(N)ncnn23)[C@H](OC(=O)C(C)C)[C@@H]1OC(=O)C(C)C)Oc1ccccc1. The van der Waals surface area contributed by atoms with Crippen molar-refractivity contribution in [3.63, 3.8) is 0 Å². The number of nitrogen functional groups attached to an aromatic ring is 1. The van der Waals surface area contributed by atoms with Crippen LogP contribution in [0.25, 0.3) is 5.52 Å². The lowest BCUT2D eigenvalue weighted by Crippen LogP contribution is -2.49. The molecular formula is C30H40N5O10P. The molecule has 0 amide bonds. The molecule has 3 aromatic rings. The number of nitrogens with one attached hydrogen (secondary N) is 1. The number of carbonyl (C=O) groups is 3. The van der Waals surface area contributed by atoms with Crippen LogP contribution in [0.2, 0.25) is 0 Å². The Kier molecular flexibility index (Phi) is 10.7. The quantitative estimate of drug-likeness (QED) is 0.153. The predicted octanol–water partition coefficient (Wildman–Crippen LogP) is 3.63. The van der Waals surface area contributed by atoms with Crippen molar-refractivity contribution in [1.29, 1.82) is 0 Å². The summed E-state index contributed by atoms with van der Waals surface area (Å²) in [5, 5.41) is 6.88. The van der Waals surface area contributed by atoms with E-state index < -0.39 is 74.1 Å². The van der Waals surface area contributed by atoms with Crippen LogP contribution in [0.3, 0.4) is 0 Å². The van der Waals surface area contributed by atoms with Gasteiger partial charge >= 0.3 is 25.7 Å². The molecule has 15 nitrogen and oxygen atoms in total. The van der Waals surface area contributed by atoms with Crippen molar-refractivity contribution in [2.45, 2.75) is 71.5 Å². The molecule has 1 aliphatic heterocycles. The van der Waals surface area contributed by atoms with Gasteiger partial charge in [-0.2, -0.15) is 10.2 Å². The largest absolute Gasteiger partial charge is 0.468 e. The van der Waals surface area contributed by atoms with Gasteiger partial charge in [0, 0.05) is 0 Å². The molecule has 0 unspecified atom stereocenters. The summed E-state index contributed by atoms with van der Waals surface area (Å²) in [6.45, 7) is 9.11. The summed E-state index contributed by atoms with van der Waals surface area (Å²) in [5.41, 5.74) is 5.36. The summed E-state index contributed by atoms with van der Waals surface area (Å²) >= 11 is 0. The maximum absolute atomic E-state index is 14.2. The smallest absolute Gasteiger partial charge is 0.459 e. The Labute approximate surface area is 266 Å². The fraction of sp³-hybridized carbons (Fsp3) is 0.500. The number of anilines is 1. The van der Waals surface area contributed by atoms with Gasteiger partial charge in [0.05, 0.1) is 31.2 Å². The molecule has 0 aliphatic carbocycles. The lowest BCUT2D eigenvalue weighted by molar-refractivity contribution is -0.175. The van der Waals surface area contributed by atoms with Crippen LogP contribution in [0, 0.1) is 11.8 Å². The van der Waals surface area contributed by atoms with E-state index in [1.54, 1.807) is 77.1 Å². The van der Waals surface area contributed by atoms with Crippen LogP contribution in [0.1, 0.15) is 53.3 Å². The van der Waals surface area contributed by atoms with Crippen LogP contribution in [0.5, 0.6) is 5.75 Å². The average molecular weight is 662 g/mol. The van der Waals surface area contributed by atoms with Crippen molar-refractivity contribution in [1.82, 2.24) is 19.7 Å². The van der Waals surface area contributed by atoms with Crippen molar-refractivity contribution >= 4 is 37.0 Å². The second kappa shape index (κ2) is 14.2. The standard InChI is InChI=1S/C30H40N5O10P/c1-17(2)27(36)42-24-23(21-13-14-22-26(31)32-16-33-35(21)22)44-30(6,25(24)43-28(37)18(3)4)15-41-46(39,34-19(5)29(38)40-7)45-20-11-9-8-10-12-20/h8-14,16-19,23-25H,15H2,1-7H3,(H,34,39)(H2,31,32,33)/t19-,23-,24-,25-,30+,46+/m0/s1. The van der Waals surface area contributed by atoms with Gasteiger partial charge in [0.2, 0.25) is 0 Å². The number of nitrogens with two attached hydrogens (primary N) is 1. The van der Waals surface area contributed by atoms with Gasteiger partial charge in [0.1, 0.15) is 35.3 Å². The molecule has 1 fully saturated rings. The number of hydrogen-bond acceptors (Lipinski definition) is 13. The first-order valence-electron chi connectivity index (χ1n) is 14.7. The fourth-order valence-electron chi connectivity index (χ4n) is 4.70. The molecule has 0 radical (unpaired) electrons. The average Bonchev–Trinajstić information content (AvgIpc) is 3.56. The van der Waals surface area contributed by atoms with Crippen LogP contribution in [0.4, 0.5) is 5.82 Å². The number of nitrogens with zero attached hydrogens (tertiary/aromatic N) is 3. The molecule has 46 heavy (non-hydrogen) atoms. The van der Waals surface area contributed by atoms with Gasteiger partial charge in [0.15, 0.2) is 18.0 Å². The van der Waals surface area contributed by atoms with Crippen molar-refractivity contribution in [2.75, 3.05) is 19.5 Å². The lowest BCUT2D eigenvalue weighted by atomic mass is 9.95. The van der Waals surface area contributed by atoms with Gasteiger partial charge in [-0.05, 0) is 38.1 Å². The van der Waals surface area contributed by atoms with Gasteiger partial charge in [-0.1, -0.05) is 45.9 Å². The van der Waals surface area contributed by atoms with Crippen LogP contribution >= 0.6 is 7.75 Å². The Balaban J connectivity index is 1.77. The van der Waals surface area contributed by atoms with E-state index in [-0.39, 0.29) is 11.6 Å². The summed E-state index contributed by atoms with van der Waals surface area (Å²) in [5.74, 6) is -2.58. The Morgan fingerprint density at radius 1 is 1.02 bits per heavy atom. The number of ether oxygens (including phenoxy) is 4. The number of esters is 3. The molecule has 2 aromatic heterocycles. The molecule has 0 spiro atoms. The number of fused-ring (bicyclic) bond motifs is 1. The van der Waals surface area contributed by atoms with E-state index in [4.69, 9.17) is 33.7 Å². The topological polar surface area (TPSA) is 192 Å². The van der Waals surface area contributed by atoms with Crippen molar-refractivity contribution in [3.8, 4) is 5.75 Å². The number of rotatable bonds is 13. The fourth-order valence-corrected chi connectivity index (χ4v) is 6.29. The number of methoxy groups -OCH3 is 1. The molecule has 0 saturated carbocycles. The highest BCUT2D eigenvalue weighted by atomic mass is 31.2. The van der Waals surface area contributed by atoms with Crippen molar-refractivity contribution in [2.24, 2.45) is 11.8 Å². The first-order chi connectivity index (χ1) is 21.7. The van der Waals surface area contributed by atoms with Gasteiger partial charge in [-0.25, -0.2) is 14.1 Å². The van der Waals surface area contributed by atoms with E-state index in [0.717, 1.165) is 0 Å². The lowest BCUT2D eigenvalue weighted by Gasteiger charge is -2.33. The minimum atomic E-state index is -4.35. The Morgan fingerprint density at radius 3 is 2.30 bits per heavy atom. The third-order valence-corrected chi connectivity index (χ3v) is 8.86. The van der Waals surface area contributed by atoms with Crippen molar-refractivity contribution in [3.05, 3.63) is 54.5 Å². The minimum absolute atomic E-state index is 0.189. The number of carbonyl (C=O) groups excluding carboxylic acids is 3. The molecule has 3 heterocycles. The van der Waals surface area contributed by atoms with E-state index in [1.807, 2.05) is 0 Å². The van der Waals surface area contributed by atoms with E-state index in [9.17, 15) is 18.9 Å². The molecule has 3 N–H and O–H groups in total. The van der Waals surface area contributed by atoms with E-state index in [0.29, 0.717) is 11.2 Å². The van der Waals surface area contributed by atoms with Crippen LogP contribution < -0.4 is 15.3 Å². The normalized spacial score (nSPS) is 23.2. The number of hydrogen-bond donors (Lipinski definition) is 2. The highest BCUT2D eigenvalue weighted by Crippen LogP contribution is 2.50. The molecular weight excluding hydrogens is 621 g/mol. The number of para-hydroxylation sites is 1. The van der Waals surface area contributed by atoms with E-state index >= 15 is 0 Å².